The Bertz CT molecular complexity index is 2010. The van der Waals surface area contributed by atoms with Crippen LogP contribution in [0.15, 0.2) is 92.0 Å². The van der Waals surface area contributed by atoms with E-state index < -0.39 is 28.7 Å². The number of carbonyl (C=O) groups is 2. The van der Waals surface area contributed by atoms with Crippen LogP contribution in [-0.2, 0) is 20.7 Å². The van der Waals surface area contributed by atoms with E-state index in [1.807, 2.05) is 36.8 Å². The minimum atomic E-state index is -1.11. The lowest BCUT2D eigenvalue weighted by atomic mass is 9.61. The zero-order valence-corrected chi connectivity index (χ0v) is 29.8. The van der Waals surface area contributed by atoms with Crippen LogP contribution >= 0.6 is 21.6 Å². The van der Waals surface area contributed by atoms with Gasteiger partial charge in [0.15, 0.2) is 11.2 Å². The fourth-order valence-corrected chi connectivity index (χ4v) is 11.7. The lowest BCUT2D eigenvalue weighted by Gasteiger charge is -2.56. The topological polar surface area (TPSA) is 124 Å². The van der Waals surface area contributed by atoms with Gasteiger partial charge in [-0.15, -0.1) is 0 Å². The number of benzene rings is 1. The van der Waals surface area contributed by atoms with Gasteiger partial charge in [-0.3, -0.25) is 4.79 Å². The van der Waals surface area contributed by atoms with E-state index in [2.05, 4.69) is 35.4 Å². The molecule has 1 aromatic carbocycles. The monoisotopic (exact) mass is 699 g/mol. The van der Waals surface area contributed by atoms with E-state index in [-0.39, 0.29) is 29.0 Å². The molecule has 0 unspecified atom stereocenters. The quantitative estimate of drug-likeness (QED) is 0.135. The Hall–Kier alpha value is -3.83. The standard InChI is InChI=1S/C38H41N3O6S2/c1-5-21(3)35(44)47-36(4)11-9-23-19-48-49-29-10-12-37(6-2)20-41(34(29)37)31(42)14-25-18-40-30(39)15-26(25)33(23)38(36)17-24-13-22-7-8-32(43)45-27(22)16-28(24)46-38/h5,7-10,12-13,15-16,29,33-34,40H,6,11,14,17-20,39H2,1-4H3/b21-5+/t29-,33+,34+,36-,37+,38-/m1/s1. The molecule has 5 heterocycles. The third-order valence-corrected chi connectivity index (χ3v) is 14.4. The predicted molar refractivity (Wildman–Crippen MR) is 193 cm³/mol. The second-order valence-corrected chi connectivity index (χ2v) is 16.9. The summed E-state index contributed by atoms with van der Waals surface area (Å²) in [6.07, 6.45) is 12.7. The van der Waals surface area contributed by atoms with Gasteiger partial charge in [0.25, 0.3) is 0 Å². The van der Waals surface area contributed by atoms with Crippen molar-refractivity contribution in [2.24, 2.45) is 17.1 Å². The van der Waals surface area contributed by atoms with E-state index in [1.165, 1.54) is 6.07 Å². The number of nitrogens with one attached hydrogen (secondary N) is 1. The van der Waals surface area contributed by atoms with Gasteiger partial charge in [-0.25, -0.2) is 9.59 Å². The Morgan fingerprint density at radius 1 is 1.27 bits per heavy atom. The highest BCUT2D eigenvalue weighted by Crippen LogP contribution is 2.59. The second kappa shape index (κ2) is 11.6. The van der Waals surface area contributed by atoms with Crippen LogP contribution < -0.4 is 21.4 Å². The second-order valence-electron chi connectivity index (χ2n) is 14.4. The summed E-state index contributed by atoms with van der Waals surface area (Å²) in [6.45, 7) is 8.92. The van der Waals surface area contributed by atoms with Crippen LogP contribution in [-0.4, -0.2) is 58.1 Å². The van der Waals surface area contributed by atoms with Crippen LogP contribution in [0.5, 0.6) is 5.75 Å². The number of ether oxygens (including phenoxy) is 2. The molecule has 6 aliphatic rings. The molecule has 8 rings (SSSR count). The van der Waals surface area contributed by atoms with E-state index in [0.717, 1.165) is 40.6 Å². The summed E-state index contributed by atoms with van der Waals surface area (Å²) in [4.78, 5) is 42.0. The van der Waals surface area contributed by atoms with Gasteiger partial charge in [0.1, 0.15) is 11.3 Å². The number of dihydropyridines is 1. The number of rotatable bonds is 3. The summed E-state index contributed by atoms with van der Waals surface area (Å²) >= 11 is 0. The third kappa shape index (κ3) is 4.93. The molecule has 2 aliphatic carbocycles. The van der Waals surface area contributed by atoms with Crippen LogP contribution in [0.2, 0.25) is 0 Å². The third-order valence-electron chi connectivity index (χ3n) is 11.7. The number of hydrogen-bond donors (Lipinski definition) is 2. The largest absolute Gasteiger partial charge is 0.481 e. The molecule has 2 aromatic rings. The molecule has 9 nitrogen and oxygen atoms in total. The van der Waals surface area contributed by atoms with Crippen LogP contribution in [0.4, 0.5) is 0 Å². The average molecular weight is 700 g/mol. The molecule has 1 spiro atoms. The fourth-order valence-electron chi connectivity index (χ4n) is 8.76. The molecule has 0 radical (unpaired) electrons. The van der Waals surface area contributed by atoms with Gasteiger partial charge in [-0.05, 0) is 62.1 Å². The number of hydrogen-bond acceptors (Lipinski definition) is 10. The van der Waals surface area contributed by atoms with Crippen molar-refractivity contribution >= 4 is 44.4 Å². The first-order valence-corrected chi connectivity index (χ1v) is 19.4. The molecule has 1 amide bonds. The molecule has 49 heavy (non-hydrogen) atoms. The number of nitrogens with zero attached hydrogens (tertiary/aromatic N) is 1. The molecule has 0 saturated carbocycles. The van der Waals surface area contributed by atoms with Crippen molar-refractivity contribution in [3.8, 4) is 5.75 Å². The van der Waals surface area contributed by atoms with Crippen molar-refractivity contribution in [3.63, 3.8) is 0 Å². The number of allylic oxidation sites excluding steroid dienone is 2. The van der Waals surface area contributed by atoms with Crippen molar-refractivity contribution in [1.82, 2.24) is 10.2 Å². The summed E-state index contributed by atoms with van der Waals surface area (Å²) in [5, 5.41) is 4.28. The molecule has 1 saturated heterocycles. The highest BCUT2D eigenvalue weighted by Gasteiger charge is 2.64. The molecular weight excluding hydrogens is 659 g/mol. The van der Waals surface area contributed by atoms with Crippen LogP contribution in [0.1, 0.15) is 52.5 Å². The molecule has 6 atom stereocenters. The van der Waals surface area contributed by atoms with Crippen molar-refractivity contribution < 1.29 is 23.5 Å². The van der Waals surface area contributed by atoms with Crippen molar-refractivity contribution in [2.75, 3.05) is 18.8 Å². The van der Waals surface area contributed by atoms with E-state index in [1.54, 1.807) is 35.9 Å². The summed E-state index contributed by atoms with van der Waals surface area (Å²) in [5.74, 6) is 1.12. The lowest BCUT2D eigenvalue weighted by Crippen LogP contribution is -2.66. The highest BCUT2D eigenvalue weighted by atomic mass is 33.1. The number of amides is 1. The first-order chi connectivity index (χ1) is 23.5. The summed E-state index contributed by atoms with van der Waals surface area (Å²) in [6, 6.07) is 7.11. The Morgan fingerprint density at radius 2 is 2.10 bits per heavy atom. The number of fused-ring (bicyclic) bond motifs is 5. The van der Waals surface area contributed by atoms with Gasteiger partial charge in [-0.1, -0.05) is 58.4 Å². The molecule has 1 fully saturated rings. The molecule has 3 N–H and O–H groups in total. The molecule has 4 aliphatic heterocycles. The number of esters is 1. The maximum absolute atomic E-state index is 14.2. The fraction of sp³-hybridized carbons (Fsp3) is 0.447. The van der Waals surface area contributed by atoms with Gasteiger partial charge in [-0.2, -0.15) is 0 Å². The first kappa shape index (κ1) is 32.4. The smallest absolute Gasteiger partial charge is 0.336 e. The Kier molecular flexibility index (Phi) is 7.68. The van der Waals surface area contributed by atoms with E-state index in [9.17, 15) is 14.4 Å². The first-order valence-electron chi connectivity index (χ1n) is 17.0. The SMILES string of the molecule is C/C=C(\C)C(=O)O[C@]1(C)CC=C2CSS[C@@H]3C=C[C@@]4(CC)CN(C(=O)CC5=C(C=C(N)NC5)[C@H]2[C@]12Cc1cc5ccc(=O)oc5cc1O2)[C@@H]34. The molecule has 0 bridgehead atoms. The van der Waals surface area contributed by atoms with Crippen LogP contribution in [0.3, 0.4) is 0 Å². The lowest BCUT2D eigenvalue weighted by molar-refractivity contribution is -0.186. The van der Waals surface area contributed by atoms with Gasteiger partial charge in [0, 0.05) is 60.2 Å². The van der Waals surface area contributed by atoms with Crippen molar-refractivity contribution in [2.45, 2.75) is 75.9 Å². The van der Waals surface area contributed by atoms with E-state index in [4.69, 9.17) is 19.6 Å². The zero-order chi connectivity index (χ0) is 34.3. The molecule has 11 heteroatoms. The van der Waals surface area contributed by atoms with Gasteiger partial charge in [0.2, 0.25) is 5.91 Å². The van der Waals surface area contributed by atoms with Crippen LogP contribution in [0, 0.1) is 11.3 Å². The Morgan fingerprint density at radius 3 is 2.90 bits per heavy atom. The minimum absolute atomic E-state index is 0.0456. The summed E-state index contributed by atoms with van der Waals surface area (Å²) in [5.41, 5.74) is 8.82. The molecule has 1 aromatic heterocycles. The van der Waals surface area contributed by atoms with Crippen LogP contribution in [0.25, 0.3) is 11.0 Å². The molecule has 256 valence electrons. The van der Waals surface area contributed by atoms with E-state index >= 15 is 0 Å². The Labute approximate surface area is 293 Å². The van der Waals surface area contributed by atoms with E-state index in [0.29, 0.717) is 47.9 Å². The van der Waals surface area contributed by atoms with Crippen molar-refractivity contribution in [1.29, 1.82) is 0 Å². The van der Waals surface area contributed by atoms with Gasteiger partial charge < -0.3 is 29.8 Å². The predicted octanol–water partition coefficient (Wildman–Crippen LogP) is 5.71. The highest BCUT2D eigenvalue weighted by molar-refractivity contribution is 8.77. The van der Waals surface area contributed by atoms with Gasteiger partial charge >= 0.3 is 11.6 Å². The summed E-state index contributed by atoms with van der Waals surface area (Å²) < 4.78 is 19.3. The summed E-state index contributed by atoms with van der Waals surface area (Å²) in [7, 11) is 3.63. The maximum Gasteiger partial charge on any atom is 0.336 e. The van der Waals surface area contributed by atoms with Gasteiger partial charge in [0.05, 0.1) is 29.5 Å². The number of carbonyl (C=O) groups excluding carboxylic acids is 2. The minimum Gasteiger partial charge on any atom is -0.481 e. The normalized spacial score (nSPS) is 33.6. The zero-order valence-electron chi connectivity index (χ0n) is 28.2. The van der Waals surface area contributed by atoms with Crippen molar-refractivity contribution in [3.05, 3.63) is 98.7 Å². The Balaban J connectivity index is 1.30. The number of nitrogens with two attached hydrogens (primary N) is 1. The average Bonchev–Trinajstić information content (AvgIpc) is 3.56. The molecular formula is C38H41N3O6S2. The maximum atomic E-state index is 14.2.